The lowest BCUT2D eigenvalue weighted by atomic mass is 10.1. The lowest BCUT2D eigenvalue weighted by Crippen LogP contribution is -2.21. The molecule has 0 amide bonds. The van der Waals surface area contributed by atoms with Crippen molar-refractivity contribution in [1.82, 2.24) is 5.32 Å². The molecule has 0 spiro atoms. The van der Waals surface area contributed by atoms with Gasteiger partial charge in [0.2, 0.25) is 0 Å². The highest BCUT2D eigenvalue weighted by atomic mass is 79.9. The average molecular weight is 377 g/mol. The fourth-order valence-corrected chi connectivity index (χ4v) is 3.41. The summed E-state index contributed by atoms with van der Waals surface area (Å²) in [6.07, 6.45) is 2.72. The largest absolute Gasteiger partial charge is 0.492 e. The van der Waals surface area contributed by atoms with Gasteiger partial charge in [-0.2, -0.15) is 0 Å². The number of nitrogens with one attached hydrogen (secondary N) is 1. The van der Waals surface area contributed by atoms with Gasteiger partial charge in [0.25, 0.3) is 0 Å². The molecule has 0 atom stereocenters. The van der Waals surface area contributed by atoms with Gasteiger partial charge in [0.05, 0.1) is 15.6 Å². The Labute approximate surface area is 126 Å². The van der Waals surface area contributed by atoms with E-state index in [1.807, 2.05) is 6.92 Å². The Morgan fingerprint density at radius 1 is 1.28 bits per heavy atom. The molecule has 0 heterocycles. The van der Waals surface area contributed by atoms with E-state index < -0.39 is 0 Å². The van der Waals surface area contributed by atoms with E-state index >= 15 is 0 Å². The van der Waals surface area contributed by atoms with Crippen LogP contribution in [0.15, 0.2) is 21.1 Å². The fraction of sp³-hybridized carbons (Fsp3) is 0.571. The van der Waals surface area contributed by atoms with Gasteiger partial charge in [0.15, 0.2) is 0 Å². The number of hydrogen-bond acceptors (Lipinski definition) is 2. The van der Waals surface area contributed by atoms with Crippen molar-refractivity contribution in [3.63, 3.8) is 0 Å². The Morgan fingerprint density at radius 2 is 1.89 bits per heavy atom. The molecule has 1 aliphatic carbocycles. The molecular weight excluding hydrogens is 358 g/mol. The highest BCUT2D eigenvalue weighted by molar-refractivity contribution is 9.11. The van der Waals surface area contributed by atoms with Crippen LogP contribution in [-0.4, -0.2) is 13.2 Å². The first kappa shape index (κ1) is 14.4. The molecule has 1 aromatic carbocycles. The molecule has 0 bridgehead atoms. The van der Waals surface area contributed by atoms with E-state index in [0.717, 1.165) is 27.8 Å². The summed E-state index contributed by atoms with van der Waals surface area (Å²) in [6, 6.07) is 4.25. The summed E-state index contributed by atoms with van der Waals surface area (Å²) in [7, 11) is 0. The molecule has 1 aliphatic rings. The second-order valence-electron chi connectivity index (χ2n) is 5.24. The molecule has 0 radical (unpaired) electrons. The molecule has 1 N–H and O–H groups in total. The van der Waals surface area contributed by atoms with Gasteiger partial charge >= 0.3 is 0 Å². The third-order valence-electron chi connectivity index (χ3n) is 3.33. The van der Waals surface area contributed by atoms with E-state index in [4.69, 9.17) is 4.74 Å². The first-order valence-electron chi connectivity index (χ1n) is 6.35. The Bertz CT molecular complexity index is 407. The smallest absolute Gasteiger partial charge is 0.147 e. The first-order valence-corrected chi connectivity index (χ1v) is 7.94. The molecule has 0 aromatic heterocycles. The van der Waals surface area contributed by atoms with Crippen molar-refractivity contribution in [2.24, 2.45) is 5.41 Å². The summed E-state index contributed by atoms with van der Waals surface area (Å²) < 4.78 is 7.59. The molecule has 0 aliphatic heterocycles. The van der Waals surface area contributed by atoms with E-state index in [0.29, 0.717) is 12.0 Å². The molecule has 1 aromatic rings. The third kappa shape index (κ3) is 3.72. The van der Waals surface area contributed by atoms with Crippen LogP contribution >= 0.6 is 31.9 Å². The van der Waals surface area contributed by atoms with Gasteiger partial charge in [-0.3, -0.25) is 0 Å². The zero-order valence-electron chi connectivity index (χ0n) is 10.9. The Hall–Kier alpha value is -0.0600. The molecule has 100 valence electrons. The van der Waals surface area contributed by atoms with Gasteiger partial charge in [-0.15, -0.1) is 0 Å². The molecule has 2 nitrogen and oxygen atoms in total. The molecule has 0 saturated heterocycles. The Kier molecular flexibility index (Phi) is 4.73. The molecule has 18 heavy (non-hydrogen) atoms. The van der Waals surface area contributed by atoms with Crippen molar-refractivity contribution >= 4 is 31.9 Å². The van der Waals surface area contributed by atoms with Crippen LogP contribution in [-0.2, 0) is 6.54 Å². The molecular formula is C14H19Br2NO. The van der Waals surface area contributed by atoms with E-state index in [9.17, 15) is 0 Å². The maximum Gasteiger partial charge on any atom is 0.147 e. The quantitative estimate of drug-likeness (QED) is 0.789. The van der Waals surface area contributed by atoms with Crippen LogP contribution in [0.5, 0.6) is 5.75 Å². The van der Waals surface area contributed by atoms with Gasteiger partial charge in [-0.25, -0.2) is 0 Å². The van der Waals surface area contributed by atoms with Gasteiger partial charge in [-0.1, -0.05) is 6.92 Å². The predicted octanol–water partition coefficient (Wildman–Crippen LogP) is 4.50. The fourth-order valence-electron chi connectivity index (χ4n) is 1.90. The Balaban J connectivity index is 1.96. The lowest BCUT2D eigenvalue weighted by molar-refractivity contribution is 0.336. The summed E-state index contributed by atoms with van der Waals surface area (Å²) >= 11 is 7.12. The van der Waals surface area contributed by atoms with Crippen LogP contribution in [0.4, 0.5) is 0 Å². The van der Waals surface area contributed by atoms with Crippen LogP contribution in [0, 0.1) is 5.41 Å². The van der Waals surface area contributed by atoms with Gasteiger partial charge in [0, 0.05) is 13.1 Å². The summed E-state index contributed by atoms with van der Waals surface area (Å²) in [5.41, 5.74) is 1.82. The number of hydrogen-bond donors (Lipinski definition) is 1. The summed E-state index contributed by atoms with van der Waals surface area (Å²) in [6.45, 7) is 7.01. The van der Waals surface area contributed by atoms with E-state index in [1.54, 1.807) is 0 Å². The normalized spacial score (nSPS) is 16.7. The van der Waals surface area contributed by atoms with Crippen LogP contribution in [0.3, 0.4) is 0 Å². The van der Waals surface area contributed by atoms with E-state index in [-0.39, 0.29) is 0 Å². The standard InChI is InChI=1S/C14H19Br2NO/c1-3-18-13-11(15)6-10(7-12(13)16)8-17-9-14(2)4-5-14/h6-7,17H,3-5,8-9H2,1-2H3. The van der Waals surface area contributed by atoms with Crippen molar-refractivity contribution in [1.29, 1.82) is 0 Å². The summed E-state index contributed by atoms with van der Waals surface area (Å²) in [5.74, 6) is 0.885. The van der Waals surface area contributed by atoms with E-state index in [1.165, 1.54) is 18.4 Å². The highest BCUT2D eigenvalue weighted by Crippen LogP contribution is 2.44. The second kappa shape index (κ2) is 5.93. The van der Waals surface area contributed by atoms with Crippen molar-refractivity contribution in [3.05, 3.63) is 26.6 Å². The molecule has 1 saturated carbocycles. The minimum Gasteiger partial charge on any atom is -0.492 e. The molecule has 2 rings (SSSR count). The van der Waals surface area contributed by atoms with Crippen LogP contribution in [0.2, 0.25) is 0 Å². The van der Waals surface area contributed by atoms with Crippen molar-refractivity contribution in [3.8, 4) is 5.75 Å². The van der Waals surface area contributed by atoms with Gasteiger partial charge in [-0.05, 0) is 74.7 Å². The predicted molar refractivity (Wildman–Crippen MR) is 82.1 cm³/mol. The van der Waals surface area contributed by atoms with Gasteiger partial charge in [0.1, 0.15) is 5.75 Å². The molecule has 4 heteroatoms. The zero-order valence-corrected chi connectivity index (χ0v) is 14.0. The maximum atomic E-state index is 5.58. The minimum atomic E-state index is 0.555. The monoisotopic (exact) mass is 375 g/mol. The van der Waals surface area contributed by atoms with E-state index in [2.05, 4.69) is 56.2 Å². The summed E-state index contributed by atoms with van der Waals surface area (Å²) in [5, 5.41) is 3.53. The number of halogens is 2. The van der Waals surface area contributed by atoms with Crippen molar-refractivity contribution < 1.29 is 4.74 Å². The maximum absolute atomic E-state index is 5.58. The average Bonchev–Trinajstić information content (AvgIpc) is 3.02. The molecule has 0 unspecified atom stereocenters. The summed E-state index contributed by atoms with van der Waals surface area (Å²) in [4.78, 5) is 0. The topological polar surface area (TPSA) is 21.3 Å². The van der Waals surface area contributed by atoms with Crippen molar-refractivity contribution in [2.45, 2.75) is 33.2 Å². The van der Waals surface area contributed by atoms with Gasteiger partial charge < -0.3 is 10.1 Å². The number of rotatable bonds is 6. The number of benzene rings is 1. The third-order valence-corrected chi connectivity index (χ3v) is 4.51. The van der Waals surface area contributed by atoms with Crippen LogP contribution in [0.1, 0.15) is 32.3 Å². The SMILES string of the molecule is CCOc1c(Br)cc(CNCC2(C)CC2)cc1Br. The molecule has 1 fully saturated rings. The lowest BCUT2D eigenvalue weighted by Gasteiger charge is -2.13. The second-order valence-corrected chi connectivity index (χ2v) is 6.94. The highest BCUT2D eigenvalue weighted by Gasteiger charge is 2.36. The zero-order chi connectivity index (χ0) is 13.2. The minimum absolute atomic E-state index is 0.555. The van der Waals surface area contributed by atoms with Crippen LogP contribution in [0.25, 0.3) is 0 Å². The van der Waals surface area contributed by atoms with Crippen LogP contribution < -0.4 is 10.1 Å². The number of ether oxygens (including phenoxy) is 1. The van der Waals surface area contributed by atoms with Crippen molar-refractivity contribution in [2.75, 3.05) is 13.2 Å². The first-order chi connectivity index (χ1) is 8.54. The Morgan fingerprint density at radius 3 is 2.39 bits per heavy atom.